The Labute approximate surface area is 152 Å². The summed E-state index contributed by atoms with van der Waals surface area (Å²) < 4.78 is 38.8. The molecule has 0 spiro atoms. The monoisotopic (exact) mass is 366 g/mol. The SMILES string of the molecule is O=C(c1cccc(C(F)(F)F)c1)c1c[nH]c2ccc(-c3cccnc3)cc12. The molecule has 2 heterocycles. The van der Waals surface area contributed by atoms with Crippen LogP contribution in [0.4, 0.5) is 13.2 Å². The summed E-state index contributed by atoms with van der Waals surface area (Å²) in [4.78, 5) is 19.9. The number of H-pyrrole nitrogens is 1. The molecule has 0 aliphatic rings. The molecule has 4 aromatic rings. The van der Waals surface area contributed by atoms with E-state index in [0.29, 0.717) is 10.9 Å². The molecule has 0 saturated carbocycles. The average Bonchev–Trinajstić information content (AvgIpc) is 3.10. The van der Waals surface area contributed by atoms with Gasteiger partial charge in [-0.2, -0.15) is 13.2 Å². The number of aromatic nitrogens is 2. The van der Waals surface area contributed by atoms with Crippen LogP contribution in [0.1, 0.15) is 21.5 Å². The Morgan fingerprint density at radius 2 is 1.81 bits per heavy atom. The van der Waals surface area contributed by atoms with Gasteiger partial charge in [-0.1, -0.05) is 24.3 Å². The third kappa shape index (κ3) is 3.21. The Hall–Kier alpha value is -3.41. The third-order valence-electron chi connectivity index (χ3n) is 4.37. The van der Waals surface area contributed by atoms with E-state index in [4.69, 9.17) is 0 Å². The van der Waals surface area contributed by atoms with Crippen LogP contribution in [0.2, 0.25) is 0 Å². The van der Waals surface area contributed by atoms with Crippen molar-refractivity contribution in [3.05, 3.63) is 89.9 Å². The van der Waals surface area contributed by atoms with Gasteiger partial charge in [-0.15, -0.1) is 0 Å². The van der Waals surface area contributed by atoms with E-state index in [0.717, 1.165) is 28.8 Å². The van der Waals surface area contributed by atoms with Crippen LogP contribution < -0.4 is 0 Å². The largest absolute Gasteiger partial charge is 0.416 e. The molecular weight excluding hydrogens is 353 g/mol. The maximum atomic E-state index is 12.9. The zero-order chi connectivity index (χ0) is 19.0. The number of carbonyl (C=O) groups excluding carboxylic acids is 1. The summed E-state index contributed by atoms with van der Waals surface area (Å²) in [6.45, 7) is 0. The summed E-state index contributed by atoms with van der Waals surface area (Å²) in [6.07, 6.45) is 0.410. The molecule has 0 radical (unpaired) electrons. The molecule has 0 saturated heterocycles. The Morgan fingerprint density at radius 1 is 0.963 bits per heavy atom. The number of halogens is 3. The van der Waals surface area contributed by atoms with Crippen LogP contribution in [0, 0.1) is 0 Å². The van der Waals surface area contributed by atoms with Crippen LogP contribution in [-0.4, -0.2) is 15.8 Å². The lowest BCUT2D eigenvalue weighted by molar-refractivity contribution is -0.137. The number of alkyl halides is 3. The van der Waals surface area contributed by atoms with Crippen LogP contribution in [-0.2, 0) is 6.18 Å². The summed E-state index contributed by atoms with van der Waals surface area (Å²) >= 11 is 0. The van der Waals surface area contributed by atoms with E-state index in [1.807, 2.05) is 30.3 Å². The van der Waals surface area contributed by atoms with Gasteiger partial charge in [0, 0.05) is 46.2 Å². The van der Waals surface area contributed by atoms with Crippen molar-refractivity contribution in [3.8, 4) is 11.1 Å². The summed E-state index contributed by atoms with van der Waals surface area (Å²) in [7, 11) is 0. The molecule has 0 unspecified atom stereocenters. The summed E-state index contributed by atoms with van der Waals surface area (Å²) in [5, 5.41) is 0.652. The van der Waals surface area contributed by atoms with Crippen molar-refractivity contribution in [2.45, 2.75) is 6.18 Å². The van der Waals surface area contributed by atoms with Gasteiger partial charge in [0.15, 0.2) is 5.78 Å². The Morgan fingerprint density at radius 3 is 2.56 bits per heavy atom. The molecule has 2 aromatic carbocycles. The minimum Gasteiger partial charge on any atom is -0.360 e. The quantitative estimate of drug-likeness (QED) is 0.488. The van der Waals surface area contributed by atoms with Gasteiger partial charge in [-0.05, 0) is 35.9 Å². The fraction of sp³-hybridized carbons (Fsp3) is 0.0476. The molecule has 4 rings (SSSR count). The van der Waals surface area contributed by atoms with Crippen molar-refractivity contribution in [3.63, 3.8) is 0 Å². The molecule has 0 amide bonds. The van der Waals surface area contributed by atoms with Gasteiger partial charge in [-0.25, -0.2) is 0 Å². The van der Waals surface area contributed by atoms with Gasteiger partial charge in [0.25, 0.3) is 0 Å². The third-order valence-corrected chi connectivity index (χ3v) is 4.37. The Bertz CT molecular complexity index is 1130. The topological polar surface area (TPSA) is 45.8 Å². The molecule has 134 valence electrons. The molecule has 0 bridgehead atoms. The van der Waals surface area contributed by atoms with Crippen LogP contribution in [0.5, 0.6) is 0 Å². The fourth-order valence-electron chi connectivity index (χ4n) is 3.01. The van der Waals surface area contributed by atoms with Gasteiger partial charge in [0.05, 0.1) is 5.56 Å². The zero-order valence-electron chi connectivity index (χ0n) is 13.9. The first-order valence-electron chi connectivity index (χ1n) is 8.17. The van der Waals surface area contributed by atoms with E-state index in [9.17, 15) is 18.0 Å². The van der Waals surface area contributed by atoms with E-state index in [1.54, 1.807) is 12.4 Å². The van der Waals surface area contributed by atoms with Gasteiger partial charge in [0.2, 0.25) is 0 Å². The second kappa shape index (κ2) is 6.39. The highest BCUT2D eigenvalue weighted by Gasteiger charge is 2.31. The first-order valence-corrected chi connectivity index (χ1v) is 8.17. The highest BCUT2D eigenvalue weighted by atomic mass is 19.4. The van der Waals surface area contributed by atoms with E-state index in [2.05, 4.69) is 9.97 Å². The number of carbonyl (C=O) groups is 1. The van der Waals surface area contributed by atoms with Gasteiger partial charge >= 0.3 is 6.18 Å². The fourth-order valence-corrected chi connectivity index (χ4v) is 3.01. The normalized spacial score (nSPS) is 11.7. The van der Waals surface area contributed by atoms with Crippen LogP contribution in [0.15, 0.2) is 73.2 Å². The number of benzene rings is 2. The van der Waals surface area contributed by atoms with Crippen molar-refractivity contribution >= 4 is 16.7 Å². The summed E-state index contributed by atoms with van der Waals surface area (Å²) in [5.74, 6) is -0.462. The number of hydrogen-bond acceptors (Lipinski definition) is 2. The smallest absolute Gasteiger partial charge is 0.360 e. The van der Waals surface area contributed by atoms with Gasteiger partial charge < -0.3 is 4.98 Å². The number of pyridine rings is 1. The van der Waals surface area contributed by atoms with Crippen LogP contribution >= 0.6 is 0 Å². The number of ketones is 1. The first kappa shape index (κ1) is 17.0. The van der Waals surface area contributed by atoms with Crippen LogP contribution in [0.25, 0.3) is 22.0 Å². The molecule has 6 heteroatoms. The predicted octanol–water partition coefficient (Wildman–Crippen LogP) is 5.48. The van der Waals surface area contributed by atoms with Gasteiger partial charge in [0.1, 0.15) is 0 Å². The molecule has 2 aromatic heterocycles. The molecule has 0 aliphatic carbocycles. The Balaban J connectivity index is 1.79. The minimum atomic E-state index is -4.50. The zero-order valence-corrected chi connectivity index (χ0v) is 13.9. The first-order chi connectivity index (χ1) is 12.9. The molecule has 27 heavy (non-hydrogen) atoms. The minimum absolute atomic E-state index is 0.00231. The molecule has 0 fully saturated rings. The number of hydrogen-bond donors (Lipinski definition) is 1. The second-order valence-corrected chi connectivity index (χ2v) is 6.11. The van der Waals surface area contributed by atoms with Gasteiger partial charge in [-0.3, -0.25) is 9.78 Å². The lowest BCUT2D eigenvalue weighted by Gasteiger charge is -2.08. The lowest BCUT2D eigenvalue weighted by atomic mass is 9.98. The van der Waals surface area contributed by atoms with E-state index >= 15 is 0 Å². The maximum Gasteiger partial charge on any atom is 0.416 e. The van der Waals surface area contributed by atoms with E-state index in [1.165, 1.54) is 18.3 Å². The number of nitrogens with zero attached hydrogens (tertiary/aromatic N) is 1. The molecule has 0 atom stereocenters. The number of aromatic amines is 1. The summed E-state index contributed by atoms with van der Waals surface area (Å²) in [6, 6.07) is 13.7. The second-order valence-electron chi connectivity index (χ2n) is 6.11. The van der Waals surface area contributed by atoms with Crippen molar-refractivity contribution in [1.82, 2.24) is 9.97 Å². The van der Waals surface area contributed by atoms with E-state index in [-0.39, 0.29) is 5.56 Å². The highest BCUT2D eigenvalue weighted by molar-refractivity contribution is 6.16. The predicted molar refractivity (Wildman–Crippen MR) is 96.4 cm³/mol. The molecule has 3 nitrogen and oxygen atoms in total. The van der Waals surface area contributed by atoms with Crippen molar-refractivity contribution in [2.24, 2.45) is 0 Å². The molecule has 1 N–H and O–H groups in total. The standard InChI is InChI=1S/C21H13F3N2O/c22-21(23,24)16-5-1-3-14(9-16)20(27)18-12-26-19-7-6-13(10-17(18)19)15-4-2-8-25-11-15/h1-12,26H. The Kier molecular flexibility index (Phi) is 4.03. The average molecular weight is 366 g/mol. The highest BCUT2D eigenvalue weighted by Crippen LogP contribution is 2.31. The van der Waals surface area contributed by atoms with Crippen molar-refractivity contribution in [2.75, 3.05) is 0 Å². The number of nitrogens with one attached hydrogen (secondary N) is 1. The molecule has 0 aliphatic heterocycles. The van der Waals surface area contributed by atoms with Crippen LogP contribution in [0.3, 0.4) is 0 Å². The molecular formula is C21H13F3N2O. The van der Waals surface area contributed by atoms with E-state index < -0.39 is 17.5 Å². The number of fused-ring (bicyclic) bond motifs is 1. The maximum absolute atomic E-state index is 12.9. The van der Waals surface area contributed by atoms with Crippen molar-refractivity contribution < 1.29 is 18.0 Å². The lowest BCUT2D eigenvalue weighted by Crippen LogP contribution is -2.08. The summed E-state index contributed by atoms with van der Waals surface area (Å²) in [5.41, 5.74) is 1.97. The van der Waals surface area contributed by atoms with Crippen molar-refractivity contribution in [1.29, 1.82) is 0 Å². The number of rotatable bonds is 3.